The van der Waals surface area contributed by atoms with Gasteiger partial charge in [-0.05, 0) is 123 Å². The molecule has 364 valence electrons. The van der Waals surface area contributed by atoms with E-state index >= 15 is 0 Å². The molecular formula is C72H51N5. The first-order valence-corrected chi connectivity index (χ1v) is 26.5. The average Bonchev–Trinajstić information content (AvgIpc) is 4.14. The van der Waals surface area contributed by atoms with Crippen molar-refractivity contribution in [2.24, 2.45) is 0 Å². The molecule has 0 saturated carbocycles. The summed E-state index contributed by atoms with van der Waals surface area (Å²) in [4.78, 5) is 15.6. The van der Waals surface area contributed by atoms with Crippen molar-refractivity contribution in [3.05, 3.63) is 290 Å². The van der Waals surface area contributed by atoms with E-state index in [0.717, 1.165) is 46.6 Å². The Kier molecular flexibility index (Phi) is 11.7. The molecular weight excluding hydrogens is 935 g/mol. The van der Waals surface area contributed by atoms with Gasteiger partial charge in [0.05, 0.1) is 11.0 Å². The van der Waals surface area contributed by atoms with Crippen LogP contribution in [0.25, 0.3) is 117 Å². The molecule has 11 aromatic carbocycles. The quantitative estimate of drug-likeness (QED) is 0.123. The zero-order valence-electron chi connectivity index (χ0n) is 42.3. The maximum atomic E-state index is 5.26. The summed E-state index contributed by atoms with van der Waals surface area (Å²) < 4.78 is 4.97. The number of hydrogen-bond acceptors (Lipinski definition) is 3. The van der Waals surface area contributed by atoms with Gasteiger partial charge in [0, 0.05) is 62.4 Å². The van der Waals surface area contributed by atoms with E-state index in [9.17, 15) is 0 Å². The minimum absolute atomic E-state index is 0.507. The minimum Gasteiger partial charge on any atom is -0.340 e. The lowest BCUT2D eigenvalue weighted by Gasteiger charge is -2.16. The monoisotopic (exact) mass is 985 g/mol. The average molecular weight is 986 g/mol. The van der Waals surface area contributed by atoms with Gasteiger partial charge in [-0.3, -0.25) is 0 Å². The van der Waals surface area contributed by atoms with Gasteiger partial charge in [0.2, 0.25) is 0 Å². The van der Waals surface area contributed by atoms with Crippen LogP contribution < -0.4 is 0 Å². The van der Waals surface area contributed by atoms with Gasteiger partial charge in [-0.25, -0.2) is 15.0 Å². The molecule has 5 heteroatoms. The van der Waals surface area contributed by atoms with Crippen molar-refractivity contribution in [3.63, 3.8) is 0 Å². The molecule has 0 fully saturated rings. The van der Waals surface area contributed by atoms with E-state index in [1.807, 2.05) is 36.4 Å². The van der Waals surface area contributed by atoms with E-state index in [1.54, 1.807) is 0 Å². The second-order valence-electron chi connectivity index (χ2n) is 19.9. The highest BCUT2D eigenvalue weighted by Crippen LogP contribution is 2.40. The van der Waals surface area contributed by atoms with Crippen molar-refractivity contribution >= 4 is 43.6 Å². The lowest BCUT2D eigenvalue weighted by Crippen LogP contribution is -2.08. The standard InChI is InChI=1S/C72H51N5/c1-7-19-49(20-8-1)56-32-37-66-62(44-56)63-45-57(50-21-9-2-10-22-50)33-38-67(63)76(66)42-41-53-31-36-61(43-60(53)48-70-73-71(54-27-15-5-16-28-54)75-72(74-70)55-29-17-6-18-30-55)77-68-39-34-58(51-23-11-3-12-24-51)46-64(68)65-47-59(35-40-69(65)77)52-25-13-4-14-26-52/h1-40,43-47H,41-42,48H2. The van der Waals surface area contributed by atoms with Gasteiger partial charge in [0.15, 0.2) is 11.6 Å². The van der Waals surface area contributed by atoms with Crippen molar-refractivity contribution in [3.8, 4) is 73.0 Å². The molecule has 14 aromatic rings. The summed E-state index contributed by atoms with van der Waals surface area (Å²) >= 11 is 0. The van der Waals surface area contributed by atoms with E-state index in [2.05, 4.69) is 246 Å². The van der Waals surface area contributed by atoms with Gasteiger partial charge in [-0.1, -0.05) is 212 Å². The van der Waals surface area contributed by atoms with Crippen molar-refractivity contribution < 1.29 is 0 Å². The molecule has 3 aromatic heterocycles. The molecule has 0 radical (unpaired) electrons. The van der Waals surface area contributed by atoms with Crippen molar-refractivity contribution in [2.45, 2.75) is 19.4 Å². The van der Waals surface area contributed by atoms with Gasteiger partial charge >= 0.3 is 0 Å². The number of aromatic nitrogens is 5. The second kappa shape index (κ2) is 19.7. The van der Waals surface area contributed by atoms with Crippen LogP contribution in [0.1, 0.15) is 17.0 Å². The smallest absolute Gasteiger partial charge is 0.163 e. The maximum Gasteiger partial charge on any atom is 0.163 e. The highest BCUT2D eigenvalue weighted by molar-refractivity contribution is 6.12. The van der Waals surface area contributed by atoms with Gasteiger partial charge in [-0.15, -0.1) is 0 Å². The van der Waals surface area contributed by atoms with Gasteiger partial charge in [0.25, 0.3) is 0 Å². The Bertz CT molecular complexity index is 4180. The molecule has 0 amide bonds. The van der Waals surface area contributed by atoms with Crippen LogP contribution in [0, 0.1) is 0 Å². The summed E-state index contributed by atoms with van der Waals surface area (Å²) in [6, 6.07) is 98.2. The summed E-state index contributed by atoms with van der Waals surface area (Å²) in [6.07, 6.45) is 1.29. The van der Waals surface area contributed by atoms with Crippen LogP contribution in [0.15, 0.2) is 273 Å². The Morgan fingerprint density at radius 1 is 0.273 bits per heavy atom. The Morgan fingerprint density at radius 3 is 1.01 bits per heavy atom. The molecule has 14 rings (SSSR count). The highest BCUT2D eigenvalue weighted by atomic mass is 15.0. The fourth-order valence-corrected chi connectivity index (χ4v) is 11.4. The predicted molar refractivity (Wildman–Crippen MR) is 319 cm³/mol. The van der Waals surface area contributed by atoms with Crippen molar-refractivity contribution in [1.82, 2.24) is 24.1 Å². The van der Waals surface area contributed by atoms with Gasteiger partial charge < -0.3 is 9.13 Å². The SMILES string of the molecule is c1ccc(-c2ccc3c(c2)c2cc(-c4ccccc4)ccc2n3CCc2ccc(-n3c4ccc(-c5ccccc5)cc4c4cc(-c5ccccc5)ccc43)cc2Cc2nc(-c3ccccc3)nc(-c3ccccc3)n2)cc1. The van der Waals surface area contributed by atoms with E-state index in [4.69, 9.17) is 15.0 Å². The van der Waals surface area contributed by atoms with Gasteiger partial charge in [0.1, 0.15) is 5.82 Å². The molecule has 5 nitrogen and oxygen atoms in total. The van der Waals surface area contributed by atoms with E-state index < -0.39 is 0 Å². The number of aryl methyl sites for hydroxylation is 2. The predicted octanol–water partition coefficient (Wildman–Crippen LogP) is 17.9. The van der Waals surface area contributed by atoms with E-state index in [-0.39, 0.29) is 0 Å². The Morgan fingerprint density at radius 2 is 0.623 bits per heavy atom. The van der Waals surface area contributed by atoms with Crippen LogP contribution in [0.4, 0.5) is 0 Å². The van der Waals surface area contributed by atoms with Crippen LogP contribution in [0.3, 0.4) is 0 Å². The fourth-order valence-electron chi connectivity index (χ4n) is 11.4. The summed E-state index contributed by atoms with van der Waals surface area (Å²) in [7, 11) is 0. The summed E-state index contributed by atoms with van der Waals surface area (Å²) in [5.74, 6) is 2.04. The second-order valence-corrected chi connectivity index (χ2v) is 19.9. The fraction of sp³-hybridized carbons (Fsp3) is 0.0417. The highest BCUT2D eigenvalue weighted by Gasteiger charge is 2.20. The largest absolute Gasteiger partial charge is 0.340 e. The zero-order chi connectivity index (χ0) is 51.1. The molecule has 0 spiro atoms. The lowest BCUT2D eigenvalue weighted by atomic mass is 9.99. The molecule has 0 aliphatic carbocycles. The van der Waals surface area contributed by atoms with Crippen molar-refractivity contribution in [1.29, 1.82) is 0 Å². The third kappa shape index (κ3) is 8.74. The molecule has 0 bridgehead atoms. The first kappa shape index (κ1) is 45.6. The number of hydrogen-bond donors (Lipinski definition) is 0. The summed E-state index contributed by atoms with van der Waals surface area (Å²) in [5, 5.41) is 4.91. The zero-order valence-corrected chi connectivity index (χ0v) is 42.3. The molecule has 0 saturated heterocycles. The van der Waals surface area contributed by atoms with E-state index in [1.165, 1.54) is 88.2 Å². The Balaban J connectivity index is 0.936. The molecule has 0 aliphatic heterocycles. The third-order valence-corrected chi connectivity index (χ3v) is 15.2. The number of fused-ring (bicyclic) bond motifs is 6. The van der Waals surface area contributed by atoms with Crippen LogP contribution in [0.2, 0.25) is 0 Å². The number of nitrogens with zero attached hydrogens (tertiary/aromatic N) is 5. The van der Waals surface area contributed by atoms with Crippen molar-refractivity contribution in [2.75, 3.05) is 0 Å². The van der Waals surface area contributed by atoms with Crippen LogP contribution in [-0.2, 0) is 19.4 Å². The molecule has 0 N–H and O–H groups in total. The Hall–Kier alpha value is -9.97. The first-order chi connectivity index (χ1) is 38.1. The van der Waals surface area contributed by atoms with E-state index in [0.29, 0.717) is 18.1 Å². The molecule has 0 aliphatic rings. The topological polar surface area (TPSA) is 48.5 Å². The molecule has 0 atom stereocenters. The van der Waals surface area contributed by atoms with Crippen LogP contribution in [0.5, 0.6) is 0 Å². The summed E-state index contributed by atoms with van der Waals surface area (Å²) in [6.45, 7) is 0.767. The van der Waals surface area contributed by atoms with Crippen LogP contribution in [-0.4, -0.2) is 24.1 Å². The summed E-state index contributed by atoms with van der Waals surface area (Å²) in [5.41, 5.74) is 19.7. The Labute approximate surface area is 447 Å². The third-order valence-electron chi connectivity index (χ3n) is 15.2. The molecule has 3 heterocycles. The minimum atomic E-state index is 0.507. The van der Waals surface area contributed by atoms with Crippen LogP contribution >= 0.6 is 0 Å². The number of rotatable bonds is 12. The maximum absolute atomic E-state index is 5.26. The lowest BCUT2D eigenvalue weighted by molar-refractivity contribution is 0.738. The normalized spacial score (nSPS) is 11.5. The molecule has 77 heavy (non-hydrogen) atoms. The van der Waals surface area contributed by atoms with Gasteiger partial charge in [-0.2, -0.15) is 0 Å². The first-order valence-electron chi connectivity index (χ1n) is 26.5. The molecule has 0 unspecified atom stereocenters. The number of benzene rings is 11.